The highest BCUT2D eigenvalue weighted by molar-refractivity contribution is 6.37. The van der Waals surface area contributed by atoms with Gasteiger partial charge in [0.15, 0.2) is 0 Å². The van der Waals surface area contributed by atoms with E-state index in [1.54, 1.807) is 12.1 Å². The maximum absolute atomic E-state index is 12.3. The van der Waals surface area contributed by atoms with Gasteiger partial charge in [0.1, 0.15) is 22.6 Å². The molecule has 0 spiro atoms. The predicted octanol–water partition coefficient (Wildman–Crippen LogP) is 6.71. The number of rotatable bonds is 6. The average Bonchev–Trinajstić information content (AvgIpc) is 2.70. The molecule has 0 aliphatic carbocycles. The molecule has 0 heterocycles. The van der Waals surface area contributed by atoms with Gasteiger partial charge in [-0.3, -0.25) is 0 Å². The topological polar surface area (TPSA) is 113 Å². The Morgan fingerprint density at radius 2 is 0.868 bits per heavy atom. The van der Waals surface area contributed by atoms with E-state index in [1.165, 1.54) is 0 Å². The Kier molecular flexibility index (Phi) is 8.45. The third kappa shape index (κ3) is 7.10. The van der Waals surface area contributed by atoms with Crippen molar-refractivity contribution >= 4 is 19.3 Å². The van der Waals surface area contributed by atoms with Crippen LogP contribution in [0.5, 0.6) is 11.5 Å². The minimum absolute atomic E-state index is 0.0222. The molecule has 3 N–H and O–H groups in total. The molecule has 0 atom stereocenters. The van der Waals surface area contributed by atoms with Crippen LogP contribution in [0, 0.1) is 0 Å². The lowest BCUT2D eigenvalue weighted by Crippen LogP contribution is -2.34. The van der Waals surface area contributed by atoms with Crippen LogP contribution in [-0.4, -0.2) is 34.5 Å². The highest BCUT2D eigenvalue weighted by Crippen LogP contribution is 2.41. The molecule has 38 heavy (non-hydrogen) atoms. The minimum atomic E-state index is -1.96. The van der Waals surface area contributed by atoms with Crippen LogP contribution in [0.1, 0.15) is 126 Å². The molecule has 0 fully saturated rings. The summed E-state index contributed by atoms with van der Waals surface area (Å²) in [5.74, 6) is -2.46. The molecule has 0 aliphatic heterocycles. The molecule has 2 aromatic rings. The number of hydrogen-bond acceptors (Lipinski definition) is 5. The van der Waals surface area contributed by atoms with Crippen molar-refractivity contribution in [1.29, 1.82) is 0 Å². The zero-order chi connectivity index (χ0) is 29.6. The first-order valence-corrected chi connectivity index (χ1v) is 12.8. The summed E-state index contributed by atoms with van der Waals surface area (Å²) in [4.78, 5) is 24.6. The molecule has 0 saturated carbocycles. The van der Waals surface area contributed by atoms with Crippen LogP contribution in [0.25, 0.3) is 0 Å². The maximum Gasteiger partial charge on any atom is 0.785 e. The highest BCUT2D eigenvalue weighted by atomic mass is 16.7. The monoisotopic (exact) mass is 526 g/mol. The fourth-order valence-electron chi connectivity index (χ4n) is 4.04. The molecule has 0 saturated heterocycles. The van der Waals surface area contributed by atoms with Crippen molar-refractivity contribution in [3.8, 4) is 11.5 Å². The van der Waals surface area contributed by atoms with Gasteiger partial charge in [-0.25, -0.2) is 9.59 Å². The number of carboxylic acids is 2. The third-order valence-electron chi connectivity index (χ3n) is 6.42. The first-order valence-electron chi connectivity index (χ1n) is 12.8. The lowest BCUT2D eigenvalue weighted by molar-refractivity contribution is 0.0684. The van der Waals surface area contributed by atoms with Crippen LogP contribution in [-0.2, 0) is 21.7 Å². The van der Waals surface area contributed by atoms with Gasteiger partial charge in [0.05, 0.1) is 0 Å². The fraction of sp³-hybridized carbons (Fsp3) is 0.533. The van der Waals surface area contributed by atoms with Gasteiger partial charge in [0, 0.05) is 0 Å². The summed E-state index contributed by atoms with van der Waals surface area (Å²) < 4.78 is 11.6. The quantitative estimate of drug-likeness (QED) is 0.359. The first kappa shape index (κ1) is 31.2. The molecule has 7 nitrogen and oxygen atoms in total. The molecule has 0 aliphatic rings. The van der Waals surface area contributed by atoms with Crippen molar-refractivity contribution in [2.24, 2.45) is 0 Å². The van der Waals surface area contributed by atoms with E-state index in [-0.39, 0.29) is 33.5 Å². The molecule has 8 heteroatoms. The lowest BCUT2D eigenvalue weighted by atomic mass is 9.78. The van der Waals surface area contributed by atoms with Gasteiger partial charge in [-0.15, -0.1) is 0 Å². The standard InChI is InChI=1S/C30H43BO7/c1-27(2,3)17-13-19(25(32)33)23(21(15-17)29(7,8)9)37-31(36)38-24-20(26(34)35)14-18(28(4,5)6)16-22(24)30(10,11)12/h13-16,36H,1-12H3,(H,32,33)(H,34,35). The van der Waals surface area contributed by atoms with E-state index in [4.69, 9.17) is 9.31 Å². The van der Waals surface area contributed by atoms with Crippen molar-refractivity contribution in [2.45, 2.75) is 105 Å². The van der Waals surface area contributed by atoms with E-state index in [9.17, 15) is 24.8 Å². The minimum Gasteiger partial charge on any atom is -0.500 e. The molecule has 0 unspecified atom stereocenters. The van der Waals surface area contributed by atoms with E-state index < -0.39 is 30.1 Å². The molecule has 208 valence electrons. The van der Waals surface area contributed by atoms with Gasteiger partial charge in [-0.05, 0) is 56.0 Å². The van der Waals surface area contributed by atoms with Gasteiger partial charge in [-0.2, -0.15) is 0 Å². The number of hydrogen-bond donors (Lipinski definition) is 3. The molecular weight excluding hydrogens is 483 g/mol. The number of aromatic carboxylic acids is 2. The highest BCUT2D eigenvalue weighted by Gasteiger charge is 2.35. The second-order valence-corrected chi connectivity index (χ2v) is 14.0. The summed E-state index contributed by atoms with van der Waals surface area (Å²) in [6.45, 7) is 23.5. The Balaban J connectivity index is 2.72. The summed E-state index contributed by atoms with van der Waals surface area (Å²) in [6, 6.07) is 6.85. The van der Waals surface area contributed by atoms with E-state index in [0.29, 0.717) is 11.1 Å². The Bertz CT molecular complexity index is 1120. The Hall–Kier alpha value is -3.00. The molecule has 0 aromatic heterocycles. The van der Waals surface area contributed by atoms with E-state index in [1.807, 2.05) is 95.2 Å². The molecular formula is C30H43BO7. The normalized spacial score (nSPS) is 12.8. The van der Waals surface area contributed by atoms with E-state index in [0.717, 1.165) is 11.1 Å². The van der Waals surface area contributed by atoms with E-state index >= 15 is 0 Å². The Morgan fingerprint density at radius 1 is 0.579 bits per heavy atom. The molecule has 0 amide bonds. The molecule has 2 aromatic carbocycles. The summed E-state index contributed by atoms with van der Waals surface area (Å²) >= 11 is 0. The van der Waals surface area contributed by atoms with Crippen molar-refractivity contribution in [1.82, 2.24) is 0 Å². The third-order valence-corrected chi connectivity index (χ3v) is 6.42. The lowest BCUT2D eigenvalue weighted by Gasteiger charge is -2.30. The zero-order valence-electron chi connectivity index (χ0n) is 24.9. The predicted molar refractivity (Wildman–Crippen MR) is 151 cm³/mol. The number of benzene rings is 2. The van der Waals surface area contributed by atoms with Crippen molar-refractivity contribution in [2.75, 3.05) is 0 Å². The largest absolute Gasteiger partial charge is 0.785 e. The van der Waals surface area contributed by atoms with Gasteiger partial charge in [0.2, 0.25) is 0 Å². The van der Waals surface area contributed by atoms with Crippen molar-refractivity contribution in [3.63, 3.8) is 0 Å². The number of carbonyl (C=O) groups is 2. The van der Waals surface area contributed by atoms with Crippen LogP contribution in [0.15, 0.2) is 24.3 Å². The van der Waals surface area contributed by atoms with Crippen molar-refractivity contribution in [3.05, 3.63) is 57.6 Å². The van der Waals surface area contributed by atoms with Gasteiger partial charge >= 0.3 is 19.3 Å². The van der Waals surface area contributed by atoms with Crippen LogP contribution in [0.3, 0.4) is 0 Å². The smallest absolute Gasteiger partial charge is 0.500 e. The van der Waals surface area contributed by atoms with Crippen molar-refractivity contribution < 1.29 is 34.1 Å². The fourth-order valence-corrected chi connectivity index (χ4v) is 4.04. The van der Waals surface area contributed by atoms with Crippen LogP contribution in [0.2, 0.25) is 0 Å². The second-order valence-electron chi connectivity index (χ2n) is 14.0. The Morgan fingerprint density at radius 3 is 1.08 bits per heavy atom. The Labute approximate surface area is 227 Å². The first-order chi connectivity index (χ1) is 16.9. The van der Waals surface area contributed by atoms with Crippen LogP contribution < -0.4 is 9.31 Å². The van der Waals surface area contributed by atoms with E-state index in [2.05, 4.69) is 0 Å². The molecule has 0 bridgehead atoms. The maximum atomic E-state index is 12.3. The molecule has 2 rings (SSSR count). The van der Waals surface area contributed by atoms with Crippen LogP contribution >= 0.6 is 0 Å². The summed E-state index contributed by atoms with van der Waals surface area (Å²) in [6.07, 6.45) is 0. The van der Waals surface area contributed by atoms with Gasteiger partial charge < -0.3 is 24.5 Å². The number of carboxylic acid groups (broad SMARTS) is 2. The SMILES string of the molecule is CC(C)(C)c1cc(C(=O)O)c(OB(O)Oc2c(C(=O)O)cc(C(C)(C)C)cc2C(C)(C)C)c(C(C)(C)C)c1. The summed E-state index contributed by atoms with van der Waals surface area (Å²) in [5.41, 5.74) is 0.854. The average molecular weight is 526 g/mol. The summed E-state index contributed by atoms with van der Waals surface area (Å²) in [5, 5.41) is 31.1. The van der Waals surface area contributed by atoms with Crippen LogP contribution in [0.4, 0.5) is 0 Å². The molecule has 0 radical (unpaired) electrons. The second kappa shape index (κ2) is 10.3. The summed E-state index contributed by atoms with van der Waals surface area (Å²) in [7, 11) is -1.96. The van der Waals surface area contributed by atoms with Gasteiger partial charge in [-0.1, -0.05) is 95.2 Å². The zero-order valence-corrected chi connectivity index (χ0v) is 24.9. The van der Waals surface area contributed by atoms with Gasteiger partial charge in [0.25, 0.3) is 0 Å².